The van der Waals surface area contributed by atoms with Crippen LogP contribution in [0, 0.1) is 0 Å². The van der Waals surface area contributed by atoms with Crippen LogP contribution in [0.2, 0.25) is 0 Å². The molecular formula is C24H24FN7O2. The van der Waals surface area contributed by atoms with E-state index in [9.17, 15) is 9.90 Å². The predicted molar refractivity (Wildman–Crippen MR) is 123 cm³/mol. The molecule has 5 rings (SSSR count). The van der Waals surface area contributed by atoms with Crippen LogP contribution < -0.4 is 10.7 Å². The predicted octanol–water partition coefficient (Wildman–Crippen LogP) is 1.53. The minimum Gasteiger partial charge on any atom is -0.388 e. The molecule has 1 aromatic carbocycles. The second-order valence-electron chi connectivity index (χ2n) is 8.45. The SMILES string of the molecule is Cn1cc(-n2ccc(=O)c(Cc3cccc(-c4ncc([C@]5(F)CCNC[C@@H]5O)cn4)c3)n2)cn1. The van der Waals surface area contributed by atoms with Crippen LogP contribution in [0.4, 0.5) is 4.39 Å². The Kier molecular flexibility index (Phi) is 5.76. The van der Waals surface area contributed by atoms with Gasteiger partial charge in [0.2, 0.25) is 5.43 Å². The van der Waals surface area contributed by atoms with Gasteiger partial charge in [-0.15, -0.1) is 0 Å². The third-order valence-electron chi connectivity index (χ3n) is 6.06. The summed E-state index contributed by atoms with van der Waals surface area (Å²) in [4.78, 5) is 21.1. The van der Waals surface area contributed by atoms with E-state index in [0.717, 1.165) is 16.8 Å². The third-order valence-corrected chi connectivity index (χ3v) is 6.06. The second-order valence-corrected chi connectivity index (χ2v) is 8.45. The van der Waals surface area contributed by atoms with Crippen molar-refractivity contribution in [2.75, 3.05) is 13.1 Å². The number of hydrogen-bond donors (Lipinski definition) is 2. The number of nitrogens with one attached hydrogen (secondary N) is 1. The molecule has 0 saturated carbocycles. The maximum Gasteiger partial charge on any atom is 0.203 e. The van der Waals surface area contributed by atoms with Crippen molar-refractivity contribution in [2.45, 2.75) is 24.6 Å². The lowest BCUT2D eigenvalue weighted by atomic mass is 9.86. The number of β-amino-alcohol motifs (C(OH)–C–C–N with tert-alkyl or cyclic N) is 1. The number of aromatic nitrogens is 6. The number of piperidine rings is 1. The molecule has 1 saturated heterocycles. The maximum atomic E-state index is 15.3. The number of nitrogens with zero attached hydrogens (tertiary/aromatic N) is 6. The minimum atomic E-state index is -1.86. The van der Waals surface area contributed by atoms with Crippen LogP contribution >= 0.6 is 0 Å². The molecule has 0 bridgehead atoms. The van der Waals surface area contributed by atoms with Crippen molar-refractivity contribution in [3.8, 4) is 17.1 Å². The summed E-state index contributed by atoms with van der Waals surface area (Å²) in [5.41, 5.74) is 1.03. The van der Waals surface area contributed by atoms with E-state index >= 15 is 4.39 Å². The quantitative estimate of drug-likeness (QED) is 0.464. The lowest BCUT2D eigenvalue weighted by molar-refractivity contribution is -0.0349. The van der Waals surface area contributed by atoms with Gasteiger partial charge >= 0.3 is 0 Å². The smallest absolute Gasteiger partial charge is 0.203 e. The Labute approximate surface area is 194 Å². The highest BCUT2D eigenvalue weighted by molar-refractivity contribution is 5.56. The summed E-state index contributed by atoms with van der Waals surface area (Å²) in [7, 11) is 1.81. The summed E-state index contributed by atoms with van der Waals surface area (Å²) >= 11 is 0. The average molecular weight is 462 g/mol. The van der Waals surface area contributed by atoms with Gasteiger partial charge in [-0.3, -0.25) is 9.48 Å². The van der Waals surface area contributed by atoms with Crippen molar-refractivity contribution in [1.29, 1.82) is 0 Å². The van der Waals surface area contributed by atoms with E-state index in [1.807, 2.05) is 37.5 Å². The topological polar surface area (TPSA) is 111 Å². The van der Waals surface area contributed by atoms with Gasteiger partial charge in [-0.1, -0.05) is 18.2 Å². The van der Waals surface area contributed by atoms with E-state index in [0.29, 0.717) is 24.5 Å². The lowest BCUT2D eigenvalue weighted by Crippen LogP contribution is -2.49. The van der Waals surface area contributed by atoms with E-state index in [1.54, 1.807) is 21.8 Å². The molecule has 3 aromatic heterocycles. The van der Waals surface area contributed by atoms with Gasteiger partial charge in [-0.2, -0.15) is 10.2 Å². The van der Waals surface area contributed by atoms with Gasteiger partial charge in [0.05, 0.1) is 12.4 Å². The number of hydrogen-bond acceptors (Lipinski definition) is 7. The van der Waals surface area contributed by atoms with Crippen molar-refractivity contribution < 1.29 is 9.50 Å². The molecule has 4 heterocycles. The number of aliphatic hydroxyl groups is 1. The van der Waals surface area contributed by atoms with Crippen LogP contribution in [0.3, 0.4) is 0 Å². The van der Waals surface area contributed by atoms with Gasteiger partial charge in [-0.25, -0.2) is 19.0 Å². The Balaban J connectivity index is 1.39. The maximum absolute atomic E-state index is 15.3. The zero-order valence-electron chi connectivity index (χ0n) is 18.6. The molecule has 174 valence electrons. The first-order valence-electron chi connectivity index (χ1n) is 11.0. The Morgan fingerprint density at radius 1 is 1.24 bits per heavy atom. The van der Waals surface area contributed by atoms with Crippen molar-refractivity contribution in [3.63, 3.8) is 0 Å². The van der Waals surface area contributed by atoms with E-state index in [-0.39, 0.29) is 24.0 Å². The zero-order chi connectivity index (χ0) is 23.7. The molecule has 1 fully saturated rings. The highest BCUT2D eigenvalue weighted by Gasteiger charge is 2.42. The van der Waals surface area contributed by atoms with Gasteiger partial charge < -0.3 is 10.4 Å². The standard InChI is InChI=1S/C24H24FN7O2/c1-31-15-19(13-29-31)32-8-5-21(33)20(30-32)10-16-3-2-4-17(9-16)23-27-11-18(12-28-23)24(25)6-7-26-14-22(24)34/h2-5,8-9,11-13,15,22,26,34H,6-7,10,14H2,1H3/t22-,24+/m0/s1. The molecule has 10 heteroatoms. The van der Waals surface area contributed by atoms with Crippen molar-refractivity contribution in [2.24, 2.45) is 7.05 Å². The molecule has 4 aromatic rings. The molecule has 2 N–H and O–H groups in total. The highest BCUT2D eigenvalue weighted by Crippen LogP contribution is 2.35. The molecular weight excluding hydrogens is 437 g/mol. The molecule has 0 amide bonds. The first-order valence-corrected chi connectivity index (χ1v) is 11.0. The van der Waals surface area contributed by atoms with Crippen LogP contribution in [0.15, 0.2) is 66.1 Å². The number of aryl methyl sites for hydroxylation is 1. The molecule has 0 aliphatic carbocycles. The highest BCUT2D eigenvalue weighted by atomic mass is 19.1. The number of aliphatic hydroxyl groups excluding tert-OH is 1. The average Bonchev–Trinajstić information content (AvgIpc) is 3.29. The van der Waals surface area contributed by atoms with Gasteiger partial charge in [0.1, 0.15) is 17.5 Å². The molecule has 1 aliphatic heterocycles. The summed E-state index contributed by atoms with van der Waals surface area (Å²) in [5.74, 6) is 0.436. The van der Waals surface area contributed by atoms with Crippen LogP contribution in [0.25, 0.3) is 17.1 Å². The fraction of sp³-hybridized carbons (Fsp3) is 0.292. The zero-order valence-corrected chi connectivity index (χ0v) is 18.6. The van der Waals surface area contributed by atoms with Crippen LogP contribution in [0.5, 0.6) is 0 Å². The number of rotatable bonds is 5. The summed E-state index contributed by atoms with van der Waals surface area (Å²) in [6.07, 6.45) is 7.33. The van der Waals surface area contributed by atoms with Crippen molar-refractivity contribution >= 4 is 0 Å². The van der Waals surface area contributed by atoms with Crippen LogP contribution in [-0.2, 0) is 19.1 Å². The summed E-state index contributed by atoms with van der Waals surface area (Å²) in [6, 6.07) is 9.00. The van der Waals surface area contributed by atoms with Crippen LogP contribution in [-0.4, -0.2) is 53.8 Å². The van der Waals surface area contributed by atoms with Gasteiger partial charge in [0.15, 0.2) is 11.5 Å². The lowest BCUT2D eigenvalue weighted by Gasteiger charge is -2.34. The number of halogens is 1. The van der Waals surface area contributed by atoms with E-state index in [4.69, 9.17) is 0 Å². The third kappa shape index (κ3) is 4.25. The number of alkyl halides is 1. The van der Waals surface area contributed by atoms with Crippen LogP contribution in [0.1, 0.15) is 23.2 Å². The largest absolute Gasteiger partial charge is 0.388 e. The van der Waals surface area contributed by atoms with Gasteiger partial charge in [0.25, 0.3) is 0 Å². The molecule has 0 spiro atoms. The Morgan fingerprint density at radius 2 is 2.06 bits per heavy atom. The molecule has 34 heavy (non-hydrogen) atoms. The van der Waals surface area contributed by atoms with Crippen molar-refractivity contribution in [1.82, 2.24) is 34.8 Å². The molecule has 0 unspecified atom stereocenters. The van der Waals surface area contributed by atoms with E-state index < -0.39 is 11.8 Å². The molecule has 9 nitrogen and oxygen atoms in total. The normalized spacial score (nSPS) is 20.4. The van der Waals surface area contributed by atoms with Gasteiger partial charge in [-0.05, 0) is 18.2 Å². The first kappa shape index (κ1) is 22.1. The Hall–Kier alpha value is -3.76. The summed E-state index contributed by atoms with van der Waals surface area (Å²) < 4.78 is 18.6. The fourth-order valence-corrected chi connectivity index (χ4v) is 4.12. The van der Waals surface area contributed by atoms with E-state index in [1.165, 1.54) is 18.5 Å². The number of benzene rings is 1. The fourth-order valence-electron chi connectivity index (χ4n) is 4.12. The first-order chi connectivity index (χ1) is 16.4. The second kappa shape index (κ2) is 8.88. The Bertz CT molecular complexity index is 1370. The van der Waals surface area contributed by atoms with Gasteiger partial charge in [0, 0.05) is 62.2 Å². The summed E-state index contributed by atoms with van der Waals surface area (Å²) in [5, 5.41) is 21.7. The molecule has 0 radical (unpaired) electrons. The Morgan fingerprint density at radius 3 is 2.79 bits per heavy atom. The minimum absolute atomic E-state index is 0.153. The monoisotopic (exact) mass is 461 g/mol. The molecule has 1 aliphatic rings. The molecule has 2 atom stereocenters. The van der Waals surface area contributed by atoms with E-state index in [2.05, 4.69) is 25.5 Å². The summed E-state index contributed by atoms with van der Waals surface area (Å²) in [6.45, 7) is 0.670. The van der Waals surface area contributed by atoms with Crippen molar-refractivity contribution in [3.05, 3.63) is 88.4 Å².